The number of ether oxygens (including phenoxy) is 1. The van der Waals surface area contributed by atoms with Gasteiger partial charge in [0.1, 0.15) is 5.75 Å². The number of hydrogen-bond acceptors (Lipinski definition) is 3. The summed E-state index contributed by atoms with van der Waals surface area (Å²) in [5, 5.41) is 5.43. The third-order valence-electron chi connectivity index (χ3n) is 3.83. The molecule has 26 heavy (non-hydrogen) atoms. The van der Waals surface area contributed by atoms with Gasteiger partial charge in [-0.2, -0.15) is 0 Å². The molecule has 2 amide bonds. The van der Waals surface area contributed by atoms with Gasteiger partial charge in [0.15, 0.2) is 0 Å². The van der Waals surface area contributed by atoms with Crippen LogP contribution in [0.15, 0.2) is 54.6 Å². The lowest BCUT2D eigenvalue weighted by atomic mass is 10.1. The molecule has 2 aromatic carbocycles. The predicted octanol–water partition coefficient (Wildman–Crippen LogP) is 2.63. The molecule has 0 radical (unpaired) electrons. The van der Waals surface area contributed by atoms with E-state index in [0.29, 0.717) is 26.0 Å². The molecule has 0 aliphatic heterocycles. The van der Waals surface area contributed by atoms with Crippen LogP contribution in [0.3, 0.4) is 0 Å². The second kappa shape index (κ2) is 10.9. The van der Waals surface area contributed by atoms with Gasteiger partial charge in [-0.15, -0.1) is 0 Å². The van der Waals surface area contributed by atoms with Crippen LogP contribution in [0.2, 0.25) is 0 Å². The van der Waals surface area contributed by atoms with Crippen LogP contribution in [0, 0.1) is 6.92 Å². The van der Waals surface area contributed by atoms with Crippen molar-refractivity contribution < 1.29 is 14.3 Å². The smallest absolute Gasteiger partial charge is 0.239 e. The zero-order valence-corrected chi connectivity index (χ0v) is 15.2. The van der Waals surface area contributed by atoms with Gasteiger partial charge in [-0.05, 0) is 43.0 Å². The molecule has 0 bridgehead atoms. The fraction of sp³-hybridized carbons (Fsp3) is 0.333. The number of amides is 2. The summed E-state index contributed by atoms with van der Waals surface area (Å²) in [5.74, 6) is 0.490. The van der Waals surface area contributed by atoms with Crippen LogP contribution in [0.1, 0.15) is 24.0 Å². The van der Waals surface area contributed by atoms with E-state index in [1.165, 1.54) is 5.56 Å². The summed E-state index contributed by atoms with van der Waals surface area (Å²) >= 11 is 0. The van der Waals surface area contributed by atoms with Gasteiger partial charge in [0, 0.05) is 13.0 Å². The maximum atomic E-state index is 11.8. The molecule has 0 atom stereocenters. The summed E-state index contributed by atoms with van der Waals surface area (Å²) in [5.41, 5.74) is 2.31. The molecule has 2 rings (SSSR count). The SMILES string of the molecule is Cc1cccc(OCCCC(=O)NCC(=O)NCCc2ccccc2)c1. The van der Waals surface area contributed by atoms with Crippen molar-refractivity contribution in [1.29, 1.82) is 0 Å². The number of carbonyl (C=O) groups is 2. The van der Waals surface area contributed by atoms with Crippen molar-refractivity contribution in [3.05, 3.63) is 65.7 Å². The average molecular weight is 354 g/mol. The normalized spacial score (nSPS) is 10.2. The van der Waals surface area contributed by atoms with Crippen LogP contribution in [0.5, 0.6) is 5.75 Å². The second-order valence-electron chi connectivity index (χ2n) is 6.13. The molecule has 0 unspecified atom stereocenters. The summed E-state index contributed by atoms with van der Waals surface area (Å²) < 4.78 is 5.60. The van der Waals surface area contributed by atoms with Gasteiger partial charge in [0.25, 0.3) is 0 Å². The molecule has 0 saturated heterocycles. The average Bonchev–Trinajstić information content (AvgIpc) is 2.64. The van der Waals surface area contributed by atoms with Crippen LogP contribution in [-0.2, 0) is 16.0 Å². The maximum absolute atomic E-state index is 11.8. The Labute approximate surface area is 154 Å². The van der Waals surface area contributed by atoms with Crippen molar-refractivity contribution in [2.75, 3.05) is 19.7 Å². The second-order valence-corrected chi connectivity index (χ2v) is 6.13. The molecule has 0 aliphatic carbocycles. The van der Waals surface area contributed by atoms with Crippen molar-refractivity contribution in [3.63, 3.8) is 0 Å². The lowest BCUT2D eigenvalue weighted by molar-refractivity contribution is -0.126. The van der Waals surface area contributed by atoms with Crippen LogP contribution in [0.4, 0.5) is 0 Å². The third-order valence-corrected chi connectivity index (χ3v) is 3.83. The van der Waals surface area contributed by atoms with Crippen LogP contribution in [-0.4, -0.2) is 31.5 Å². The van der Waals surface area contributed by atoms with E-state index < -0.39 is 0 Å². The number of benzene rings is 2. The van der Waals surface area contributed by atoms with E-state index in [1.807, 2.05) is 61.5 Å². The van der Waals surface area contributed by atoms with E-state index in [9.17, 15) is 9.59 Å². The summed E-state index contributed by atoms with van der Waals surface area (Å²) in [4.78, 5) is 23.5. The first-order valence-corrected chi connectivity index (χ1v) is 8.90. The molecule has 5 nitrogen and oxygen atoms in total. The molecule has 0 aliphatic rings. The Bertz CT molecular complexity index is 701. The monoisotopic (exact) mass is 354 g/mol. The molecule has 5 heteroatoms. The Hall–Kier alpha value is -2.82. The van der Waals surface area contributed by atoms with Gasteiger partial charge in [-0.1, -0.05) is 42.5 Å². The van der Waals surface area contributed by atoms with Crippen LogP contribution < -0.4 is 15.4 Å². The van der Waals surface area contributed by atoms with E-state index in [2.05, 4.69) is 10.6 Å². The van der Waals surface area contributed by atoms with Gasteiger partial charge >= 0.3 is 0 Å². The minimum Gasteiger partial charge on any atom is -0.494 e. The van der Waals surface area contributed by atoms with E-state index in [0.717, 1.165) is 17.7 Å². The Morgan fingerprint density at radius 1 is 0.962 bits per heavy atom. The molecule has 2 N–H and O–H groups in total. The summed E-state index contributed by atoms with van der Waals surface area (Å²) in [7, 11) is 0. The molecule has 0 heterocycles. The lowest BCUT2D eigenvalue weighted by Crippen LogP contribution is -2.37. The minimum atomic E-state index is -0.176. The highest BCUT2D eigenvalue weighted by atomic mass is 16.5. The minimum absolute atomic E-state index is 0.00631. The molecular weight excluding hydrogens is 328 g/mol. The summed E-state index contributed by atoms with van der Waals surface area (Å²) in [6.45, 7) is 3.04. The molecule has 0 spiro atoms. The van der Waals surface area contributed by atoms with E-state index in [-0.39, 0.29) is 18.4 Å². The van der Waals surface area contributed by atoms with Crippen molar-refractivity contribution in [3.8, 4) is 5.75 Å². The van der Waals surface area contributed by atoms with Crippen LogP contribution >= 0.6 is 0 Å². The number of rotatable bonds is 10. The molecule has 0 aromatic heterocycles. The predicted molar refractivity (Wildman–Crippen MR) is 102 cm³/mol. The Balaban J connectivity index is 1.51. The first kappa shape index (κ1) is 19.5. The third kappa shape index (κ3) is 7.83. The molecular formula is C21H26N2O3. The van der Waals surface area contributed by atoms with Gasteiger partial charge in [0.05, 0.1) is 13.2 Å². The van der Waals surface area contributed by atoms with Crippen molar-refractivity contribution in [2.24, 2.45) is 0 Å². The zero-order valence-electron chi connectivity index (χ0n) is 15.2. The Morgan fingerprint density at radius 3 is 2.54 bits per heavy atom. The topological polar surface area (TPSA) is 67.4 Å². The Morgan fingerprint density at radius 2 is 1.77 bits per heavy atom. The standard InChI is InChI=1S/C21H26N2O3/c1-17-7-5-10-19(15-17)26-14-6-11-20(24)23-16-21(25)22-13-12-18-8-3-2-4-9-18/h2-5,7-10,15H,6,11-14,16H2,1H3,(H,22,25)(H,23,24). The number of aryl methyl sites for hydroxylation is 1. The highest BCUT2D eigenvalue weighted by Crippen LogP contribution is 2.12. The first-order valence-electron chi connectivity index (χ1n) is 8.90. The highest BCUT2D eigenvalue weighted by Gasteiger charge is 2.05. The van der Waals surface area contributed by atoms with Gasteiger partial charge in [-0.3, -0.25) is 9.59 Å². The summed E-state index contributed by atoms with van der Waals surface area (Å²) in [6, 6.07) is 17.7. The molecule has 0 fully saturated rings. The fourth-order valence-corrected chi connectivity index (χ4v) is 2.45. The van der Waals surface area contributed by atoms with Gasteiger partial charge in [0.2, 0.25) is 11.8 Å². The van der Waals surface area contributed by atoms with E-state index in [4.69, 9.17) is 4.74 Å². The summed E-state index contributed by atoms with van der Waals surface area (Å²) in [6.07, 6.45) is 1.72. The highest BCUT2D eigenvalue weighted by molar-refractivity contribution is 5.84. The van der Waals surface area contributed by atoms with Crippen molar-refractivity contribution in [2.45, 2.75) is 26.2 Å². The number of carbonyl (C=O) groups excluding carboxylic acids is 2. The van der Waals surface area contributed by atoms with Gasteiger partial charge < -0.3 is 15.4 Å². The van der Waals surface area contributed by atoms with Crippen molar-refractivity contribution >= 4 is 11.8 Å². The van der Waals surface area contributed by atoms with Crippen LogP contribution in [0.25, 0.3) is 0 Å². The molecule has 138 valence electrons. The quantitative estimate of drug-likeness (QED) is 0.645. The van der Waals surface area contributed by atoms with Gasteiger partial charge in [-0.25, -0.2) is 0 Å². The van der Waals surface area contributed by atoms with E-state index >= 15 is 0 Å². The lowest BCUT2D eigenvalue weighted by Gasteiger charge is -2.08. The maximum Gasteiger partial charge on any atom is 0.239 e. The molecule has 2 aromatic rings. The number of nitrogens with one attached hydrogen (secondary N) is 2. The zero-order chi connectivity index (χ0) is 18.6. The largest absolute Gasteiger partial charge is 0.494 e. The Kier molecular flexibility index (Phi) is 8.19. The van der Waals surface area contributed by atoms with Crippen molar-refractivity contribution in [1.82, 2.24) is 10.6 Å². The number of hydrogen-bond donors (Lipinski definition) is 2. The van der Waals surface area contributed by atoms with E-state index in [1.54, 1.807) is 0 Å². The molecule has 0 saturated carbocycles. The fourth-order valence-electron chi connectivity index (χ4n) is 2.45. The first-order chi connectivity index (χ1) is 12.6.